The van der Waals surface area contributed by atoms with E-state index in [4.69, 9.17) is 22.1 Å². The molecule has 1 aromatic rings. The fraction of sp³-hybridized carbons (Fsp3) is 0.533. The minimum Gasteiger partial charge on any atom is -0.484 e. The first-order valence-electron chi connectivity index (χ1n) is 7.02. The molecule has 2 rings (SSSR count). The SMILES string of the molecule is CCC1CN(C(=O)COc2cccc(Cl)c2)CCC1N. The number of benzene rings is 1. The maximum Gasteiger partial charge on any atom is 0.260 e. The molecule has 2 atom stereocenters. The molecule has 1 aromatic carbocycles. The van der Waals surface area contributed by atoms with Crippen LogP contribution in [0.25, 0.3) is 0 Å². The van der Waals surface area contributed by atoms with Crippen LogP contribution in [0.1, 0.15) is 19.8 Å². The lowest BCUT2D eigenvalue weighted by molar-refractivity contribution is -0.135. The fourth-order valence-electron chi connectivity index (χ4n) is 2.50. The zero-order valence-corrected chi connectivity index (χ0v) is 12.5. The van der Waals surface area contributed by atoms with E-state index in [0.717, 1.165) is 25.9 Å². The normalized spacial score (nSPS) is 22.6. The van der Waals surface area contributed by atoms with Gasteiger partial charge in [-0.2, -0.15) is 0 Å². The van der Waals surface area contributed by atoms with E-state index < -0.39 is 0 Å². The quantitative estimate of drug-likeness (QED) is 0.927. The number of carbonyl (C=O) groups is 1. The molecule has 0 spiro atoms. The minimum atomic E-state index is 0.00956. The second-order valence-corrected chi connectivity index (χ2v) is 5.64. The zero-order chi connectivity index (χ0) is 14.5. The van der Waals surface area contributed by atoms with Gasteiger partial charge < -0.3 is 15.4 Å². The molecule has 0 aliphatic carbocycles. The summed E-state index contributed by atoms with van der Waals surface area (Å²) in [6, 6.07) is 7.28. The smallest absolute Gasteiger partial charge is 0.260 e. The van der Waals surface area contributed by atoms with Crippen molar-refractivity contribution in [3.8, 4) is 5.75 Å². The van der Waals surface area contributed by atoms with Crippen LogP contribution < -0.4 is 10.5 Å². The van der Waals surface area contributed by atoms with Crippen molar-refractivity contribution in [2.24, 2.45) is 11.7 Å². The van der Waals surface area contributed by atoms with E-state index in [1.54, 1.807) is 24.3 Å². The van der Waals surface area contributed by atoms with E-state index in [1.807, 2.05) is 4.90 Å². The van der Waals surface area contributed by atoms with Gasteiger partial charge in [0.05, 0.1) is 0 Å². The number of nitrogens with zero attached hydrogens (tertiary/aromatic N) is 1. The van der Waals surface area contributed by atoms with Crippen LogP contribution in [-0.4, -0.2) is 36.5 Å². The number of amides is 1. The van der Waals surface area contributed by atoms with Crippen molar-refractivity contribution in [1.82, 2.24) is 4.90 Å². The molecule has 2 N–H and O–H groups in total. The van der Waals surface area contributed by atoms with Crippen molar-refractivity contribution in [3.63, 3.8) is 0 Å². The van der Waals surface area contributed by atoms with Gasteiger partial charge in [0, 0.05) is 24.2 Å². The first kappa shape index (κ1) is 15.1. The van der Waals surface area contributed by atoms with Gasteiger partial charge in [0.15, 0.2) is 6.61 Å². The number of hydrogen-bond acceptors (Lipinski definition) is 3. The molecule has 0 aromatic heterocycles. The summed E-state index contributed by atoms with van der Waals surface area (Å²) in [4.78, 5) is 14.0. The van der Waals surface area contributed by atoms with Gasteiger partial charge >= 0.3 is 0 Å². The molecule has 0 saturated carbocycles. The van der Waals surface area contributed by atoms with Crippen LogP contribution in [0.3, 0.4) is 0 Å². The van der Waals surface area contributed by atoms with Crippen LogP contribution in [0.15, 0.2) is 24.3 Å². The number of piperidine rings is 1. The molecule has 1 aliphatic heterocycles. The van der Waals surface area contributed by atoms with Crippen LogP contribution in [0.4, 0.5) is 0 Å². The Morgan fingerprint density at radius 3 is 3.05 bits per heavy atom. The van der Waals surface area contributed by atoms with Gasteiger partial charge in [-0.1, -0.05) is 31.0 Å². The number of likely N-dealkylation sites (tertiary alicyclic amines) is 1. The predicted molar refractivity (Wildman–Crippen MR) is 79.9 cm³/mol. The van der Waals surface area contributed by atoms with E-state index in [0.29, 0.717) is 16.7 Å². The van der Waals surface area contributed by atoms with Crippen LogP contribution in [0.5, 0.6) is 5.75 Å². The first-order chi connectivity index (χ1) is 9.60. The van der Waals surface area contributed by atoms with E-state index >= 15 is 0 Å². The molecule has 1 heterocycles. The lowest BCUT2D eigenvalue weighted by Crippen LogP contribution is -2.50. The number of rotatable bonds is 4. The Morgan fingerprint density at radius 2 is 2.35 bits per heavy atom. The third kappa shape index (κ3) is 3.87. The van der Waals surface area contributed by atoms with Crippen molar-refractivity contribution in [3.05, 3.63) is 29.3 Å². The van der Waals surface area contributed by atoms with Gasteiger partial charge in [0.1, 0.15) is 5.75 Å². The second-order valence-electron chi connectivity index (χ2n) is 5.21. The van der Waals surface area contributed by atoms with Gasteiger partial charge in [-0.25, -0.2) is 0 Å². The van der Waals surface area contributed by atoms with Gasteiger partial charge in [-0.15, -0.1) is 0 Å². The van der Waals surface area contributed by atoms with Crippen LogP contribution in [0, 0.1) is 5.92 Å². The molecule has 5 heteroatoms. The van der Waals surface area contributed by atoms with Gasteiger partial charge in [0.2, 0.25) is 0 Å². The van der Waals surface area contributed by atoms with E-state index in [9.17, 15) is 4.79 Å². The Kier molecular flexibility index (Phi) is 5.26. The van der Waals surface area contributed by atoms with Crippen LogP contribution in [-0.2, 0) is 4.79 Å². The topological polar surface area (TPSA) is 55.6 Å². The van der Waals surface area contributed by atoms with Crippen LogP contribution >= 0.6 is 11.6 Å². The Bertz CT molecular complexity index is 467. The highest BCUT2D eigenvalue weighted by atomic mass is 35.5. The Balaban J connectivity index is 1.86. The highest BCUT2D eigenvalue weighted by Gasteiger charge is 2.28. The molecule has 1 aliphatic rings. The summed E-state index contributed by atoms with van der Waals surface area (Å²) in [7, 11) is 0. The number of carbonyl (C=O) groups excluding carboxylic acids is 1. The summed E-state index contributed by atoms with van der Waals surface area (Å²) >= 11 is 5.87. The highest BCUT2D eigenvalue weighted by Crippen LogP contribution is 2.20. The van der Waals surface area contributed by atoms with E-state index in [2.05, 4.69) is 6.92 Å². The third-order valence-electron chi connectivity index (χ3n) is 3.83. The number of nitrogens with two attached hydrogens (primary N) is 1. The van der Waals surface area contributed by atoms with Gasteiger partial charge in [-0.05, 0) is 30.5 Å². The summed E-state index contributed by atoms with van der Waals surface area (Å²) in [6.07, 6.45) is 1.86. The molecular formula is C15H21ClN2O2. The molecule has 4 nitrogen and oxygen atoms in total. The summed E-state index contributed by atoms with van der Waals surface area (Å²) in [5, 5.41) is 0.602. The molecule has 20 heavy (non-hydrogen) atoms. The third-order valence-corrected chi connectivity index (χ3v) is 4.06. The van der Waals surface area contributed by atoms with Crippen LogP contribution in [0.2, 0.25) is 5.02 Å². The Hall–Kier alpha value is -1.26. The summed E-state index contributed by atoms with van der Waals surface area (Å²) < 4.78 is 5.49. The average Bonchev–Trinajstić information content (AvgIpc) is 2.45. The predicted octanol–water partition coefficient (Wildman–Crippen LogP) is 2.30. The van der Waals surface area contributed by atoms with Crippen molar-refractivity contribution in [2.75, 3.05) is 19.7 Å². The monoisotopic (exact) mass is 296 g/mol. The number of hydrogen-bond donors (Lipinski definition) is 1. The molecule has 1 saturated heterocycles. The lowest BCUT2D eigenvalue weighted by atomic mass is 9.91. The maximum absolute atomic E-state index is 12.2. The molecule has 110 valence electrons. The second kappa shape index (κ2) is 6.95. The fourth-order valence-corrected chi connectivity index (χ4v) is 2.68. The molecule has 0 radical (unpaired) electrons. The number of ether oxygens (including phenoxy) is 1. The maximum atomic E-state index is 12.2. The van der Waals surface area contributed by atoms with E-state index in [1.165, 1.54) is 0 Å². The van der Waals surface area contributed by atoms with Crippen molar-refractivity contribution >= 4 is 17.5 Å². The summed E-state index contributed by atoms with van der Waals surface area (Å²) in [5.74, 6) is 1.01. The van der Waals surface area contributed by atoms with E-state index in [-0.39, 0.29) is 18.6 Å². The van der Waals surface area contributed by atoms with Crippen molar-refractivity contribution in [1.29, 1.82) is 0 Å². The first-order valence-corrected chi connectivity index (χ1v) is 7.39. The Morgan fingerprint density at radius 1 is 1.55 bits per heavy atom. The molecule has 1 fully saturated rings. The zero-order valence-electron chi connectivity index (χ0n) is 11.7. The summed E-state index contributed by atoms with van der Waals surface area (Å²) in [5.41, 5.74) is 6.05. The average molecular weight is 297 g/mol. The molecule has 0 bridgehead atoms. The standard InChI is InChI=1S/C15H21ClN2O2/c1-2-11-9-18(7-6-14(11)17)15(19)10-20-13-5-3-4-12(16)8-13/h3-5,8,11,14H,2,6-7,9-10,17H2,1H3. The highest BCUT2D eigenvalue weighted by molar-refractivity contribution is 6.30. The largest absolute Gasteiger partial charge is 0.484 e. The summed E-state index contributed by atoms with van der Waals surface area (Å²) in [6.45, 7) is 3.61. The van der Waals surface area contributed by atoms with Crippen molar-refractivity contribution < 1.29 is 9.53 Å². The molecular weight excluding hydrogens is 276 g/mol. The number of halogens is 1. The van der Waals surface area contributed by atoms with Gasteiger partial charge in [-0.3, -0.25) is 4.79 Å². The molecule has 1 amide bonds. The molecule has 2 unspecified atom stereocenters. The Labute approximate surface area is 124 Å². The lowest BCUT2D eigenvalue weighted by Gasteiger charge is -2.36. The van der Waals surface area contributed by atoms with Gasteiger partial charge in [0.25, 0.3) is 5.91 Å². The van der Waals surface area contributed by atoms with Crippen molar-refractivity contribution in [2.45, 2.75) is 25.8 Å². The minimum absolute atomic E-state index is 0.00956.